The van der Waals surface area contributed by atoms with Crippen molar-refractivity contribution in [3.05, 3.63) is 24.2 Å². The van der Waals surface area contributed by atoms with E-state index < -0.39 is 142 Å². The van der Waals surface area contributed by atoms with Gasteiger partial charge in [-0.3, -0.25) is 28.8 Å². The van der Waals surface area contributed by atoms with E-state index in [-0.39, 0.29) is 18.4 Å². The second-order valence-corrected chi connectivity index (χ2v) is 17.1. The zero-order valence-corrected chi connectivity index (χ0v) is 33.3. The first-order chi connectivity index (χ1) is 26.5. The van der Waals surface area contributed by atoms with E-state index in [2.05, 4.69) is 0 Å². The lowest BCUT2D eigenvalue weighted by Crippen LogP contribution is -2.97. The number of hydrogen-bond donors (Lipinski definition) is 3. The summed E-state index contributed by atoms with van der Waals surface area (Å²) in [6.07, 6.45) is -7.45. The first-order valence-corrected chi connectivity index (χ1v) is 18.9. The van der Waals surface area contributed by atoms with Crippen LogP contribution in [0.3, 0.4) is 0 Å². The molecular weight excluding hydrogens is 756 g/mol. The number of fused-ring (bicyclic) bond motifs is 4. The summed E-state index contributed by atoms with van der Waals surface area (Å²) in [6.45, 7) is 9.33. The van der Waals surface area contributed by atoms with Crippen LogP contribution in [0.25, 0.3) is 0 Å². The number of esters is 6. The Labute approximate surface area is 327 Å². The van der Waals surface area contributed by atoms with Gasteiger partial charge in [0.05, 0.1) is 30.5 Å². The van der Waals surface area contributed by atoms with E-state index in [9.17, 15) is 44.1 Å². The minimum atomic E-state index is -2.95. The van der Waals surface area contributed by atoms with Gasteiger partial charge in [0, 0.05) is 64.4 Å². The van der Waals surface area contributed by atoms with Crippen LogP contribution in [0, 0.1) is 28.1 Å². The monoisotopic (exact) mass is 806 g/mol. The van der Waals surface area contributed by atoms with E-state index in [0.29, 0.717) is 0 Å². The van der Waals surface area contributed by atoms with Gasteiger partial charge in [-0.15, -0.1) is 0 Å². The van der Waals surface area contributed by atoms with Crippen molar-refractivity contribution in [2.45, 2.75) is 140 Å². The molecule has 18 heteroatoms. The summed E-state index contributed by atoms with van der Waals surface area (Å²) in [5.41, 5.74) is -16.5. The van der Waals surface area contributed by atoms with Crippen LogP contribution in [0.2, 0.25) is 0 Å². The summed E-state index contributed by atoms with van der Waals surface area (Å²) in [5, 5.41) is 41.9. The van der Waals surface area contributed by atoms with Gasteiger partial charge in [0.2, 0.25) is 0 Å². The SMILES string of the molecule is CCC12C[C@@H]3[C@](C)([C@@H](OC(C)=O)c4ccoc4)[C@@H](OC(C)=O)[C@@H](OC(C)=O)[C@@]4(O)[C@]3(O1)[C@H](O2)[C@@]1(O)[C@@H](OC(C)=O)[C@]2(C)C[C@@]1(O)[C@@]4(COC(C)=O)[C@H]2CC(=O)OC. The minimum absolute atomic E-state index is 0.0425. The maximum absolute atomic E-state index is 14.5. The molecule has 314 valence electrons. The van der Waals surface area contributed by atoms with Crippen LogP contribution in [0.5, 0.6) is 0 Å². The van der Waals surface area contributed by atoms with Crippen LogP contribution in [0.15, 0.2) is 23.0 Å². The molecular formula is C39H50O18. The lowest BCUT2D eigenvalue weighted by atomic mass is 9.32. The summed E-state index contributed by atoms with van der Waals surface area (Å²) in [6, 6.07) is 1.51. The largest absolute Gasteiger partial charge is 0.472 e. The lowest BCUT2D eigenvalue weighted by Gasteiger charge is -2.77. The summed E-state index contributed by atoms with van der Waals surface area (Å²) >= 11 is 0. The summed E-state index contributed by atoms with van der Waals surface area (Å²) < 4.78 is 54.5. The number of methoxy groups -OCH3 is 1. The molecule has 1 spiro atoms. The topological polar surface area (TPSA) is 250 Å². The van der Waals surface area contributed by atoms with Crippen molar-refractivity contribution in [3.8, 4) is 0 Å². The maximum atomic E-state index is 14.5. The molecule has 6 fully saturated rings. The molecule has 3 N–H and O–H groups in total. The molecule has 3 heterocycles. The molecule has 2 saturated heterocycles. The number of aliphatic hydroxyl groups is 3. The summed E-state index contributed by atoms with van der Waals surface area (Å²) in [7, 11) is 1.11. The minimum Gasteiger partial charge on any atom is -0.472 e. The fourth-order valence-electron chi connectivity index (χ4n) is 12.9. The molecule has 0 aromatic carbocycles. The second kappa shape index (κ2) is 12.7. The first-order valence-electron chi connectivity index (χ1n) is 18.9. The Morgan fingerprint density at radius 3 is 2.05 bits per heavy atom. The molecule has 6 aliphatic rings. The maximum Gasteiger partial charge on any atom is 0.305 e. The zero-order chi connectivity index (χ0) is 42.1. The molecule has 1 aromatic rings. The number of furan rings is 1. The molecule has 2 aliphatic heterocycles. The van der Waals surface area contributed by atoms with Crippen LogP contribution >= 0.6 is 0 Å². The van der Waals surface area contributed by atoms with Crippen molar-refractivity contribution in [1.29, 1.82) is 0 Å². The molecule has 18 nitrogen and oxygen atoms in total. The number of carbonyl (C=O) groups excluding carboxylic acids is 6. The Morgan fingerprint density at radius 2 is 1.53 bits per heavy atom. The Balaban J connectivity index is 1.68. The Kier molecular flexibility index (Phi) is 9.15. The number of ether oxygens (including phenoxy) is 8. The summed E-state index contributed by atoms with van der Waals surface area (Å²) in [4.78, 5) is 79.4. The number of rotatable bonds is 11. The summed E-state index contributed by atoms with van der Waals surface area (Å²) in [5.74, 6) is -9.75. The van der Waals surface area contributed by atoms with E-state index in [1.54, 1.807) is 20.8 Å². The van der Waals surface area contributed by atoms with Crippen molar-refractivity contribution < 1.29 is 86.4 Å². The average Bonchev–Trinajstić information content (AvgIpc) is 3.92. The van der Waals surface area contributed by atoms with Gasteiger partial charge in [0.1, 0.15) is 41.7 Å². The van der Waals surface area contributed by atoms with Crippen molar-refractivity contribution in [2.75, 3.05) is 13.7 Å². The van der Waals surface area contributed by atoms with Crippen molar-refractivity contribution in [1.82, 2.24) is 0 Å². The third-order valence-electron chi connectivity index (χ3n) is 14.5. The third kappa shape index (κ3) is 4.70. The van der Waals surface area contributed by atoms with Crippen LogP contribution in [0.4, 0.5) is 0 Å². The smallest absolute Gasteiger partial charge is 0.305 e. The predicted molar refractivity (Wildman–Crippen MR) is 185 cm³/mol. The van der Waals surface area contributed by atoms with Crippen LogP contribution in [-0.2, 0) is 66.7 Å². The molecule has 4 bridgehead atoms. The lowest BCUT2D eigenvalue weighted by molar-refractivity contribution is -0.447. The standard InChI is InChI=1S/C39H50O18/c1-10-34-14-25-33(8,27(52-19(3)41)23-11-12-50-15-23)28(53-20(4)42)29(54-21(5)43)39(48)35(17-51-18(2)40)24(13-26(45)49-9)32(7)16-36(35,46)37(47,30(32)55-22(6)44)31(56-34)38(25,39)57-34/h11-12,15,24-25,27-31,46-48H,10,13-14,16-17H2,1-9H3/t24-,25+,27-,28-,29+,30-,31+,32+,33+,34?,35+,36+,37-,38+,39-/m0/s1. The Bertz CT molecular complexity index is 1900. The van der Waals surface area contributed by atoms with Gasteiger partial charge in [-0.1, -0.05) is 20.8 Å². The predicted octanol–water partition coefficient (Wildman–Crippen LogP) is 1.34. The van der Waals surface area contributed by atoms with Gasteiger partial charge in [-0.25, -0.2) is 0 Å². The highest BCUT2D eigenvalue weighted by Crippen LogP contribution is 2.87. The van der Waals surface area contributed by atoms with Crippen molar-refractivity contribution >= 4 is 35.8 Å². The van der Waals surface area contributed by atoms with Gasteiger partial charge in [0.25, 0.3) is 0 Å². The van der Waals surface area contributed by atoms with E-state index >= 15 is 0 Å². The van der Waals surface area contributed by atoms with Crippen LogP contribution in [0.1, 0.15) is 92.7 Å². The molecule has 57 heavy (non-hydrogen) atoms. The van der Waals surface area contributed by atoms with Gasteiger partial charge in [-0.2, -0.15) is 0 Å². The van der Waals surface area contributed by atoms with E-state index in [1.165, 1.54) is 18.6 Å². The highest BCUT2D eigenvalue weighted by Gasteiger charge is 3.04. The zero-order valence-electron chi connectivity index (χ0n) is 33.3. The molecule has 4 aliphatic carbocycles. The molecule has 15 atom stereocenters. The van der Waals surface area contributed by atoms with E-state index in [0.717, 1.165) is 41.7 Å². The van der Waals surface area contributed by atoms with Crippen LogP contribution < -0.4 is 0 Å². The average molecular weight is 807 g/mol. The molecule has 7 rings (SSSR count). The highest BCUT2D eigenvalue weighted by molar-refractivity contribution is 5.73. The van der Waals surface area contributed by atoms with Gasteiger partial charge < -0.3 is 57.6 Å². The van der Waals surface area contributed by atoms with E-state index in [4.69, 9.17) is 42.3 Å². The highest BCUT2D eigenvalue weighted by atomic mass is 16.8. The molecule has 0 amide bonds. The molecule has 1 unspecified atom stereocenters. The molecule has 0 radical (unpaired) electrons. The molecule has 1 aromatic heterocycles. The quantitative estimate of drug-likeness (QED) is 0.211. The third-order valence-corrected chi connectivity index (χ3v) is 14.5. The molecule has 4 saturated carbocycles. The normalized spacial score (nSPS) is 46.0. The van der Waals surface area contributed by atoms with E-state index in [1.807, 2.05) is 0 Å². The first kappa shape index (κ1) is 41.1. The number of hydrogen-bond acceptors (Lipinski definition) is 18. The number of carbonyl (C=O) groups is 6. The van der Waals surface area contributed by atoms with Crippen LogP contribution in [-0.4, -0.2) is 117 Å². The van der Waals surface area contributed by atoms with Crippen molar-refractivity contribution in [2.24, 2.45) is 28.1 Å². The second-order valence-electron chi connectivity index (χ2n) is 17.1. The Morgan fingerprint density at radius 1 is 0.895 bits per heavy atom. The Hall–Kier alpha value is -4.10. The fraction of sp³-hybridized carbons (Fsp3) is 0.744. The van der Waals surface area contributed by atoms with Gasteiger partial charge in [0.15, 0.2) is 23.6 Å². The van der Waals surface area contributed by atoms with Gasteiger partial charge in [-0.05, 0) is 24.8 Å². The van der Waals surface area contributed by atoms with Gasteiger partial charge >= 0.3 is 35.8 Å². The van der Waals surface area contributed by atoms with Crippen molar-refractivity contribution in [3.63, 3.8) is 0 Å². The fourth-order valence-corrected chi connectivity index (χ4v) is 12.9.